The largest absolute Gasteiger partial charge is 0.351 e. The van der Waals surface area contributed by atoms with Crippen molar-refractivity contribution in [3.8, 4) is 0 Å². The standard InChI is InChI=1S/C12H16N2O/c15-10-13-12-8-4-5-9-14(12)11-6-2-1-3-7-11/h1-3,6-7,10,12H,4-5,8-9H2,(H,13,15). The molecule has 3 heteroatoms. The number of anilines is 1. The highest BCUT2D eigenvalue weighted by Crippen LogP contribution is 2.22. The number of hydrogen-bond donors (Lipinski definition) is 1. The van der Waals surface area contributed by atoms with Gasteiger partial charge in [0.15, 0.2) is 0 Å². The van der Waals surface area contributed by atoms with Crippen molar-refractivity contribution >= 4 is 12.1 Å². The van der Waals surface area contributed by atoms with Crippen molar-refractivity contribution in [2.45, 2.75) is 25.4 Å². The molecule has 1 N–H and O–H groups in total. The van der Waals surface area contributed by atoms with E-state index < -0.39 is 0 Å². The third kappa shape index (κ3) is 2.29. The SMILES string of the molecule is O=CNC1CCCCN1c1ccccc1. The summed E-state index contributed by atoms with van der Waals surface area (Å²) in [6, 6.07) is 10.2. The van der Waals surface area contributed by atoms with E-state index in [9.17, 15) is 4.79 Å². The van der Waals surface area contributed by atoms with Crippen LogP contribution < -0.4 is 10.2 Å². The number of carbonyl (C=O) groups excluding carboxylic acids is 1. The highest BCUT2D eigenvalue weighted by atomic mass is 16.1. The number of carbonyl (C=O) groups is 1. The lowest BCUT2D eigenvalue weighted by molar-refractivity contribution is -0.110. The van der Waals surface area contributed by atoms with E-state index in [1.807, 2.05) is 18.2 Å². The van der Waals surface area contributed by atoms with Gasteiger partial charge in [0, 0.05) is 12.2 Å². The maximum atomic E-state index is 10.5. The monoisotopic (exact) mass is 204 g/mol. The van der Waals surface area contributed by atoms with Crippen molar-refractivity contribution in [2.24, 2.45) is 0 Å². The van der Waals surface area contributed by atoms with Gasteiger partial charge in [0.05, 0.1) is 0 Å². The molecule has 3 nitrogen and oxygen atoms in total. The van der Waals surface area contributed by atoms with E-state index in [1.165, 1.54) is 18.5 Å². The Morgan fingerprint density at radius 2 is 2.07 bits per heavy atom. The summed E-state index contributed by atoms with van der Waals surface area (Å²) in [6.07, 6.45) is 4.39. The molecule has 1 atom stereocenters. The van der Waals surface area contributed by atoms with Gasteiger partial charge in [-0.15, -0.1) is 0 Å². The molecule has 1 unspecified atom stereocenters. The minimum absolute atomic E-state index is 0.165. The minimum Gasteiger partial charge on any atom is -0.351 e. The Balaban J connectivity index is 2.14. The first-order chi connectivity index (χ1) is 7.42. The molecule has 1 fully saturated rings. The third-order valence-corrected chi connectivity index (χ3v) is 2.85. The second-order valence-electron chi connectivity index (χ2n) is 3.83. The van der Waals surface area contributed by atoms with Crippen molar-refractivity contribution < 1.29 is 4.79 Å². The Kier molecular flexibility index (Phi) is 3.22. The minimum atomic E-state index is 0.165. The van der Waals surface area contributed by atoms with Crippen LogP contribution in [0.4, 0.5) is 5.69 Å². The fraction of sp³-hybridized carbons (Fsp3) is 0.417. The number of hydrogen-bond acceptors (Lipinski definition) is 2. The maximum absolute atomic E-state index is 10.5. The number of piperidine rings is 1. The highest BCUT2D eigenvalue weighted by molar-refractivity contribution is 5.52. The Bertz CT molecular complexity index is 313. The molecule has 0 spiro atoms. The molecule has 1 aromatic rings. The van der Waals surface area contributed by atoms with Crippen LogP contribution in [0.3, 0.4) is 0 Å². The molecule has 80 valence electrons. The van der Waals surface area contributed by atoms with Crippen molar-refractivity contribution in [1.82, 2.24) is 5.32 Å². The number of amides is 1. The zero-order chi connectivity index (χ0) is 10.5. The number of nitrogens with zero attached hydrogens (tertiary/aromatic N) is 1. The molecule has 0 radical (unpaired) electrons. The van der Waals surface area contributed by atoms with Crippen LogP contribution in [0.15, 0.2) is 30.3 Å². The van der Waals surface area contributed by atoms with Crippen LogP contribution in [0.2, 0.25) is 0 Å². The molecule has 1 aliphatic rings. The van der Waals surface area contributed by atoms with Gasteiger partial charge in [-0.25, -0.2) is 0 Å². The summed E-state index contributed by atoms with van der Waals surface area (Å²) in [6.45, 7) is 1.02. The second-order valence-corrected chi connectivity index (χ2v) is 3.83. The second kappa shape index (κ2) is 4.82. The summed E-state index contributed by atoms with van der Waals surface area (Å²) < 4.78 is 0. The predicted octanol–water partition coefficient (Wildman–Crippen LogP) is 1.75. The Labute approximate surface area is 90.1 Å². The predicted molar refractivity (Wildman–Crippen MR) is 60.6 cm³/mol. The average Bonchev–Trinajstić information content (AvgIpc) is 2.31. The van der Waals surface area contributed by atoms with E-state index in [4.69, 9.17) is 0 Å². The van der Waals surface area contributed by atoms with E-state index in [-0.39, 0.29) is 6.17 Å². The Morgan fingerprint density at radius 3 is 2.80 bits per heavy atom. The van der Waals surface area contributed by atoms with Crippen molar-refractivity contribution in [2.75, 3.05) is 11.4 Å². The number of rotatable bonds is 3. The van der Waals surface area contributed by atoms with E-state index in [0.29, 0.717) is 0 Å². The zero-order valence-electron chi connectivity index (χ0n) is 8.73. The van der Waals surface area contributed by atoms with Crippen LogP contribution in [-0.2, 0) is 4.79 Å². The summed E-state index contributed by atoms with van der Waals surface area (Å²) in [7, 11) is 0. The van der Waals surface area contributed by atoms with Gasteiger partial charge in [-0.1, -0.05) is 18.2 Å². The highest BCUT2D eigenvalue weighted by Gasteiger charge is 2.21. The summed E-state index contributed by atoms with van der Waals surface area (Å²) in [5.74, 6) is 0. The number of nitrogens with one attached hydrogen (secondary N) is 1. The normalized spacial score (nSPS) is 21.1. The van der Waals surface area contributed by atoms with Crippen LogP contribution in [0, 0.1) is 0 Å². The number of para-hydroxylation sites is 1. The van der Waals surface area contributed by atoms with E-state index in [1.54, 1.807) is 0 Å². The molecule has 15 heavy (non-hydrogen) atoms. The van der Waals surface area contributed by atoms with Crippen LogP contribution >= 0.6 is 0 Å². The fourth-order valence-electron chi connectivity index (χ4n) is 2.11. The molecule has 0 bridgehead atoms. The van der Waals surface area contributed by atoms with Gasteiger partial charge in [-0.2, -0.15) is 0 Å². The number of benzene rings is 1. The van der Waals surface area contributed by atoms with Crippen LogP contribution in [-0.4, -0.2) is 19.1 Å². The summed E-state index contributed by atoms with van der Waals surface area (Å²) in [4.78, 5) is 12.8. The molecule has 0 saturated carbocycles. The van der Waals surface area contributed by atoms with Gasteiger partial charge in [-0.3, -0.25) is 4.79 Å². The van der Waals surface area contributed by atoms with Crippen molar-refractivity contribution in [3.63, 3.8) is 0 Å². The summed E-state index contributed by atoms with van der Waals surface area (Å²) in [5.41, 5.74) is 1.19. The average molecular weight is 204 g/mol. The van der Waals surface area contributed by atoms with Crippen LogP contribution in [0.5, 0.6) is 0 Å². The van der Waals surface area contributed by atoms with Gasteiger partial charge in [0.25, 0.3) is 0 Å². The lowest BCUT2D eigenvalue weighted by Gasteiger charge is -2.37. The smallest absolute Gasteiger partial charge is 0.208 e. The van der Waals surface area contributed by atoms with Crippen molar-refractivity contribution in [1.29, 1.82) is 0 Å². The molecule has 0 aliphatic carbocycles. The molecule has 0 aromatic heterocycles. The molecule has 2 rings (SSSR count). The van der Waals surface area contributed by atoms with Crippen LogP contribution in [0.25, 0.3) is 0 Å². The molecule has 1 aromatic carbocycles. The van der Waals surface area contributed by atoms with Gasteiger partial charge in [0.2, 0.25) is 6.41 Å². The maximum Gasteiger partial charge on any atom is 0.208 e. The first-order valence-corrected chi connectivity index (χ1v) is 5.43. The molecule has 1 aliphatic heterocycles. The summed E-state index contributed by atoms with van der Waals surface area (Å²) >= 11 is 0. The quantitative estimate of drug-likeness (QED) is 0.761. The van der Waals surface area contributed by atoms with E-state index in [0.717, 1.165) is 19.4 Å². The fourth-order valence-corrected chi connectivity index (χ4v) is 2.11. The molecular formula is C12H16N2O. The third-order valence-electron chi connectivity index (χ3n) is 2.85. The van der Waals surface area contributed by atoms with Gasteiger partial charge in [0.1, 0.15) is 6.17 Å². The Hall–Kier alpha value is -1.51. The van der Waals surface area contributed by atoms with Gasteiger partial charge in [-0.05, 0) is 31.4 Å². The van der Waals surface area contributed by atoms with Gasteiger partial charge >= 0.3 is 0 Å². The first kappa shape index (κ1) is 10.0. The van der Waals surface area contributed by atoms with E-state index in [2.05, 4.69) is 22.3 Å². The van der Waals surface area contributed by atoms with Crippen molar-refractivity contribution in [3.05, 3.63) is 30.3 Å². The molecule has 1 heterocycles. The molecule has 1 amide bonds. The summed E-state index contributed by atoms with van der Waals surface area (Å²) in [5, 5.41) is 2.88. The zero-order valence-corrected chi connectivity index (χ0v) is 8.73. The van der Waals surface area contributed by atoms with Gasteiger partial charge < -0.3 is 10.2 Å². The Morgan fingerprint density at radius 1 is 1.27 bits per heavy atom. The first-order valence-electron chi connectivity index (χ1n) is 5.43. The van der Waals surface area contributed by atoms with Crippen LogP contribution in [0.1, 0.15) is 19.3 Å². The molecular weight excluding hydrogens is 188 g/mol. The van der Waals surface area contributed by atoms with E-state index >= 15 is 0 Å². The lowest BCUT2D eigenvalue weighted by atomic mass is 10.1. The lowest BCUT2D eigenvalue weighted by Crippen LogP contribution is -2.48. The molecule has 1 saturated heterocycles. The topological polar surface area (TPSA) is 32.3 Å².